The predicted molar refractivity (Wildman–Crippen MR) is 116 cm³/mol. The van der Waals surface area contributed by atoms with E-state index in [0.717, 1.165) is 17.8 Å². The maximum Gasteiger partial charge on any atom is 0.188 e. The van der Waals surface area contributed by atoms with Crippen LogP contribution in [-0.2, 0) is 13.1 Å². The molecule has 0 radical (unpaired) electrons. The maximum atomic E-state index is 5.93. The lowest BCUT2D eigenvalue weighted by atomic mass is 10.2. The molecule has 0 saturated heterocycles. The van der Waals surface area contributed by atoms with Gasteiger partial charge < -0.3 is 5.32 Å². The molecular weight excluding hydrogens is 354 g/mol. The van der Waals surface area contributed by atoms with E-state index in [1.165, 1.54) is 10.6 Å². The minimum absolute atomic E-state index is 0.505. The van der Waals surface area contributed by atoms with E-state index >= 15 is 0 Å². The lowest BCUT2D eigenvalue weighted by molar-refractivity contribution is 0.441. The van der Waals surface area contributed by atoms with Gasteiger partial charge in [-0.25, -0.2) is 5.84 Å². The number of hydrogen-bond donors (Lipinski definition) is 4. The van der Waals surface area contributed by atoms with Crippen LogP contribution in [0.3, 0.4) is 0 Å². The van der Waals surface area contributed by atoms with Crippen molar-refractivity contribution < 1.29 is 0 Å². The van der Waals surface area contributed by atoms with E-state index in [2.05, 4.69) is 10.7 Å². The fraction of sp³-hybridized carbons (Fsp3) is 0.0952. The quantitative estimate of drug-likeness (QED) is 0.309. The van der Waals surface area contributed by atoms with Crippen molar-refractivity contribution in [2.75, 3.05) is 5.32 Å². The molecule has 6 heteroatoms. The maximum absolute atomic E-state index is 5.93. The highest BCUT2D eigenvalue weighted by atomic mass is 32.1. The van der Waals surface area contributed by atoms with Gasteiger partial charge in [-0.2, -0.15) is 0 Å². The Hall–Kier alpha value is -2.77. The van der Waals surface area contributed by atoms with Crippen molar-refractivity contribution >= 4 is 23.0 Å². The summed E-state index contributed by atoms with van der Waals surface area (Å²) in [6.45, 7) is 1.32. The second-order valence-corrected chi connectivity index (χ2v) is 6.16. The van der Waals surface area contributed by atoms with Crippen LogP contribution >= 0.6 is 12.2 Å². The molecule has 0 bridgehead atoms. The Labute approximate surface area is 165 Å². The fourth-order valence-corrected chi connectivity index (χ4v) is 2.46. The molecule has 0 spiro atoms. The van der Waals surface area contributed by atoms with E-state index in [1.54, 1.807) is 0 Å². The van der Waals surface area contributed by atoms with Crippen LogP contribution in [0, 0.1) is 0 Å². The summed E-state index contributed by atoms with van der Waals surface area (Å²) in [6.07, 6.45) is 0. The van der Waals surface area contributed by atoms with E-state index in [4.69, 9.17) is 23.9 Å². The summed E-state index contributed by atoms with van der Waals surface area (Å²) in [5, 5.41) is 5.12. The number of hydrogen-bond acceptors (Lipinski definition) is 4. The molecule has 3 aromatic carbocycles. The third-order valence-corrected chi connectivity index (χ3v) is 3.97. The topological polar surface area (TPSA) is 79.3 Å². The molecule has 0 aromatic heterocycles. The molecule has 0 aliphatic carbocycles. The van der Waals surface area contributed by atoms with Gasteiger partial charge in [-0.15, -0.1) is 0 Å². The standard InChI is InChI=1S/C14H15N3S.C7H10N2/c15-17(11-12-7-3-1-4-8-12)14(18)16-13-9-5-2-6-10-13;8-9-6-7-4-2-1-3-5-7/h1-10H,11,15H2,(H,16,18);1-5,9H,6,8H2. The number of anilines is 1. The van der Waals surface area contributed by atoms with Gasteiger partial charge in [0.2, 0.25) is 0 Å². The van der Waals surface area contributed by atoms with Crippen LogP contribution in [0.5, 0.6) is 0 Å². The molecule has 0 atom stereocenters. The first-order chi connectivity index (χ1) is 13.2. The summed E-state index contributed by atoms with van der Waals surface area (Å²) in [5.41, 5.74) is 5.85. The Kier molecular flexibility index (Phi) is 8.95. The van der Waals surface area contributed by atoms with Crippen LogP contribution in [-0.4, -0.2) is 10.1 Å². The Balaban J connectivity index is 0.000000244. The molecule has 6 N–H and O–H groups in total. The molecule has 5 nitrogen and oxygen atoms in total. The Morgan fingerprint density at radius 2 is 1.26 bits per heavy atom. The molecule has 0 heterocycles. The van der Waals surface area contributed by atoms with Crippen molar-refractivity contribution in [2.24, 2.45) is 11.7 Å². The second-order valence-electron chi connectivity index (χ2n) is 5.78. The highest BCUT2D eigenvalue weighted by Crippen LogP contribution is 2.07. The van der Waals surface area contributed by atoms with Crippen LogP contribution in [0.1, 0.15) is 11.1 Å². The summed E-state index contributed by atoms with van der Waals surface area (Å²) < 4.78 is 0. The van der Waals surface area contributed by atoms with Gasteiger partial charge in [0.1, 0.15) is 0 Å². The monoisotopic (exact) mass is 379 g/mol. The number of nitrogens with two attached hydrogens (primary N) is 2. The first kappa shape index (κ1) is 20.5. The molecule has 3 rings (SSSR count). The van der Waals surface area contributed by atoms with Gasteiger partial charge in [0.25, 0.3) is 0 Å². The zero-order chi connectivity index (χ0) is 19.3. The first-order valence-electron chi connectivity index (χ1n) is 8.58. The van der Waals surface area contributed by atoms with Crippen LogP contribution in [0.2, 0.25) is 0 Å². The largest absolute Gasteiger partial charge is 0.332 e. The minimum Gasteiger partial charge on any atom is -0.332 e. The number of rotatable bonds is 5. The summed E-state index contributed by atoms with van der Waals surface area (Å²) in [6, 6.07) is 29.8. The van der Waals surface area contributed by atoms with Gasteiger partial charge in [-0.3, -0.25) is 16.3 Å². The Bertz CT molecular complexity index is 781. The molecule has 140 valence electrons. The molecule has 0 fully saturated rings. The van der Waals surface area contributed by atoms with E-state index in [1.807, 2.05) is 91.0 Å². The van der Waals surface area contributed by atoms with Crippen molar-refractivity contribution in [1.29, 1.82) is 0 Å². The van der Waals surface area contributed by atoms with E-state index < -0.39 is 0 Å². The highest BCUT2D eigenvalue weighted by Gasteiger charge is 2.05. The zero-order valence-corrected chi connectivity index (χ0v) is 15.9. The zero-order valence-electron chi connectivity index (χ0n) is 15.1. The van der Waals surface area contributed by atoms with Crippen molar-refractivity contribution in [2.45, 2.75) is 13.1 Å². The van der Waals surface area contributed by atoms with Gasteiger partial charge in [-0.1, -0.05) is 78.9 Å². The summed E-state index contributed by atoms with van der Waals surface area (Å²) in [5.74, 6) is 11.0. The molecule has 3 aromatic rings. The van der Waals surface area contributed by atoms with Crippen LogP contribution < -0.4 is 22.4 Å². The van der Waals surface area contributed by atoms with Crippen molar-refractivity contribution in [1.82, 2.24) is 10.4 Å². The van der Waals surface area contributed by atoms with Crippen molar-refractivity contribution in [3.63, 3.8) is 0 Å². The molecule has 27 heavy (non-hydrogen) atoms. The van der Waals surface area contributed by atoms with Crippen molar-refractivity contribution in [3.05, 3.63) is 102 Å². The average Bonchev–Trinajstić information content (AvgIpc) is 2.71. The van der Waals surface area contributed by atoms with Gasteiger partial charge in [0.15, 0.2) is 5.11 Å². The Morgan fingerprint density at radius 1 is 0.778 bits per heavy atom. The highest BCUT2D eigenvalue weighted by molar-refractivity contribution is 7.80. The Morgan fingerprint density at radius 3 is 1.78 bits per heavy atom. The van der Waals surface area contributed by atoms with Gasteiger partial charge >= 0.3 is 0 Å². The number of hydrazine groups is 2. The van der Waals surface area contributed by atoms with E-state index in [9.17, 15) is 0 Å². The minimum atomic E-state index is 0.505. The predicted octanol–water partition coefficient (Wildman–Crippen LogP) is 3.41. The first-order valence-corrected chi connectivity index (χ1v) is 8.99. The van der Waals surface area contributed by atoms with E-state index in [-0.39, 0.29) is 0 Å². The second kappa shape index (κ2) is 11.8. The lowest BCUT2D eigenvalue weighted by Crippen LogP contribution is -2.39. The third kappa shape index (κ3) is 7.98. The number of nitrogens with one attached hydrogen (secondary N) is 2. The summed E-state index contributed by atoms with van der Waals surface area (Å²) >= 11 is 5.25. The van der Waals surface area contributed by atoms with Crippen molar-refractivity contribution in [3.8, 4) is 0 Å². The number of thiocarbonyl (C=S) groups is 1. The average molecular weight is 380 g/mol. The summed E-state index contributed by atoms with van der Waals surface area (Å²) in [4.78, 5) is 0. The third-order valence-electron chi connectivity index (χ3n) is 3.63. The fourth-order valence-electron chi connectivity index (χ4n) is 2.28. The van der Waals surface area contributed by atoms with Gasteiger partial charge in [0.05, 0.1) is 6.54 Å². The number of benzene rings is 3. The van der Waals surface area contributed by atoms with Gasteiger partial charge in [0, 0.05) is 12.2 Å². The van der Waals surface area contributed by atoms with Gasteiger partial charge in [-0.05, 0) is 35.5 Å². The number of nitrogens with zero attached hydrogens (tertiary/aromatic N) is 1. The molecule has 0 amide bonds. The molecular formula is C21H25N5S. The van der Waals surface area contributed by atoms with Crippen LogP contribution in [0.4, 0.5) is 5.69 Å². The molecule has 0 aliphatic heterocycles. The molecule has 0 saturated carbocycles. The number of para-hydroxylation sites is 1. The molecule has 0 unspecified atom stereocenters. The molecule has 0 aliphatic rings. The smallest absolute Gasteiger partial charge is 0.188 e. The van der Waals surface area contributed by atoms with E-state index in [0.29, 0.717) is 11.7 Å². The summed E-state index contributed by atoms with van der Waals surface area (Å²) in [7, 11) is 0. The van der Waals surface area contributed by atoms with Crippen LogP contribution in [0.15, 0.2) is 91.0 Å². The van der Waals surface area contributed by atoms with Crippen LogP contribution in [0.25, 0.3) is 0 Å². The normalized spacial score (nSPS) is 9.70. The lowest BCUT2D eigenvalue weighted by Gasteiger charge is -2.20. The SMILES string of the molecule is NN(Cc1ccccc1)C(=S)Nc1ccccc1.NNCc1ccccc1.